The smallest absolute Gasteiger partial charge is 0.259 e. The number of aromatic amines is 1. The van der Waals surface area contributed by atoms with Crippen LogP contribution >= 0.6 is 11.3 Å². The van der Waals surface area contributed by atoms with E-state index in [0.29, 0.717) is 43.8 Å². The van der Waals surface area contributed by atoms with Crippen molar-refractivity contribution in [2.75, 3.05) is 26.2 Å². The molecule has 1 saturated heterocycles. The zero-order valence-corrected chi connectivity index (χ0v) is 18.5. The Morgan fingerprint density at radius 1 is 1.10 bits per heavy atom. The quantitative estimate of drug-likeness (QED) is 0.654. The number of fused-ring (bicyclic) bond motifs is 1. The molecule has 1 aliphatic heterocycles. The van der Waals surface area contributed by atoms with E-state index in [1.165, 1.54) is 11.3 Å². The van der Waals surface area contributed by atoms with Crippen LogP contribution in [0, 0.1) is 13.8 Å². The number of pyridine rings is 1. The molecule has 1 aliphatic rings. The molecule has 3 aromatic heterocycles. The van der Waals surface area contributed by atoms with Crippen LogP contribution in [0.25, 0.3) is 10.2 Å². The summed E-state index contributed by atoms with van der Waals surface area (Å²) >= 11 is 1.50. The Morgan fingerprint density at radius 3 is 2.48 bits per heavy atom. The van der Waals surface area contributed by atoms with E-state index in [4.69, 9.17) is 0 Å². The van der Waals surface area contributed by atoms with E-state index in [2.05, 4.69) is 15.0 Å². The maximum absolute atomic E-state index is 12.6. The number of aryl methyl sites for hydroxylation is 3. The lowest BCUT2D eigenvalue weighted by molar-refractivity contribution is -0.139. The van der Waals surface area contributed by atoms with Crippen LogP contribution in [0.15, 0.2) is 29.2 Å². The van der Waals surface area contributed by atoms with Gasteiger partial charge in [0.05, 0.1) is 11.8 Å². The summed E-state index contributed by atoms with van der Waals surface area (Å²) < 4.78 is 0. The van der Waals surface area contributed by atoms with E-state index >= 15 is 0 Å². The maximum atomic E-state index is 12.6. The van der Waals surface area contributed by atoms with Gasteiger partial charge in [0.1, 0.15) is 10.7 Å². The van der Waals surface area contributed by atoms with E-state index < -0.39 is 0 Å². The average Bonchev–Trinajstić information content (AvgIpc) is 3.06. The van der Waals surface area contributed by atoms with Crippen LogP contribution in [0.5, 0.6) is 0 Å². The first kappa shape index (κ1) is 21.2. The zero-order valence-electron chi connectivity index (χ0n) is 17.7. The number of carbonyl (C=O) groups excluding carboxylic acids is 2. The van der Waals surface area contributed by atoms with Crippen LogP contribution in [0.1, 0.15) is 28.4 Å². The summed E-state index contributed by atoms with van der Waals surface area (Å²) in [7, 11) is 0. The highest BCUT2D eigenvalue weighted by Gasteiger charge is 2.24. The molecule has 4 heterocycles. The van der Waals surface area contributed by atoms with Crippen molar-refractivity contribution in [1.29, 1.82) is 0 Å². The SMILES string of the molecule is Cc1sc2nc(CCC(=O)N3CCN(C(=O)Cc4ccccn4)CC3)[nH]c(=O)c2c1C. The molecule has 2 amide bonds. The Hall–Kier alpha value is -3.07. The van der Waals surface area contributed by atoms with E-state index in [-0.39, 0.29) is 30.2 Å². The number of H-pyrrole nitrogens is 1. The monoisotopic (exact) mass is 439 g/mol. The van der Waals surface area contributed by atoms with Gasteiger partial charge < -0.3 is 14.8 Å². The number of aromatic nitrogens is 3. The van der Waals surface area contributed by atoms with Gasteiger partial charge in [-0.2, -0.15) is 0 Å². The lowest BCUT2D eigenvalue weighted by Crippen LogP contribution is -2.51. The first-order valence-electron chi connectivity index (χ1n) is 10.4. The van der Waals surface area contributed by atoms with Crippen molar-refractivity contribution in [3.63, 3.8) is 0 Å². The van der Waals surface area contributed by atoms with Crippen LogP contribution in [-0.2, 0) is 22.4 Å². The van der Waals surface area contributed by atoms with Crippen LogP contribution in [0.3, 0.4) is 0 Å². The largest absolute Gasteiger partial charge is 0.339 e. The highest BCUT2D eigenvalue weighted by atomic mass is 32.1. The summed E-state index contributed by atoms with van der Waals surface area (Å²) in [6.45, 7) is 5.97. The van der Waals surface area contributed by atoms with Crippen molar-refractivity contribution in [3.8, 4) is 0 Å². The highest BCUT2D eigenvalue weighted by Crippen LogP contribution is 2.25. The Labute approximate surface area is 183 Å². The first-order valence-corrected chi connectivity index (χ1v) is 11.2. The first-order chi connectivity index (χ1) is 14.9. The van der Waals surface area contributed by atoms with Gasteiger partial charge in [-0.15, -0.1) is 11.3 Å². The van der Waals surface area contributed by atoms with Crippen LogP contribution < -0.4 is 5.56 Å². The van der Waals surface area contributed by atoms with Crippen molar-refractivity contribution in [3.05, 3.63) is 56.7 Å². The van der Waals surface area contributed by atoms with Gasteiger partial charge in [-0.25, -0.2) is 4.98 Å². The maximum Gasteiger partial charge on any atom is 0.259 e. The topological polar surface area (TPSA) is 99.3 Å². The molecule has 1 fully saturated rings. The summed E-state index contributed by atoms with van der Waals surface area (Å²) in [5, 5.41) is 0.643. The molecule has 0 radical (unpaired) electrons. The summed E-state index contributed by atoms with van der Waals surface area (Å²) in [6, 6.07) is 5.53. The fourth-order valence-corrected chi connectivity index (χ4v) is 4.82. The van der Waals surface area contributed by atoms with E-state index in [0.717, 1.165) is 21.0 Å². The second kappa shape index (κ2) is 8.97. The number of carbonyl (C=O) groups is 2. The summed E-state index contributed by atoms with van der Waals surface area (Å²) in [4.78, 5) is 54.4. The third kappa shape index (κ3) is 4.66. The minimum atomic E-state index is -0.144. The fraction of sp³-hybridized carbons (Fsp3) is 0.409. The number of rotatable bonds is 5. The number of hydrogen-bond acceptors (Lipinski definition) is 6. The fourth-order valence-electron chi connectivity index (χ4n) is 3.78. The molecule has 8 nitrogen and oxygen atoms in total. The molecule has 4 rings (SSSR count). The Bertz CT molecular complexity index is 1160. The van der Waals surface area contributed by atoms with E-state index in [1.54, 1.807) is 16.0 Å². The van der Waals surface area contributed by atoms with Gasteiger partial charge in [0, 0.05) is 55.8 Å². The summed E-state index contributed by atoms with van der Waals surface area (Å²) in [6.07, 6.45) is 2.62. The molecule has 0 aliphatic carbocycles. The second-order valence-corrected chi connectivity index (χ2v) is 8.94. The van der Waals surface area contributed by atoms with E-state index in [1.807, 2.05) is 32.0 Å². The molecule has 0 bridgehead atoms. The number of amides is 2. The van der Waals surface area contributed by atoms with Gasteiger partial charge >= 0.3 is 0 Å². The molecular formula is C22H25N5O3S. The van der Waals surface area contributed by atoms with Crippen molar-refractivity contribution in [2.24, 2.45) is 0 Å². The second-order valence-electron chi connectivity index (χ2n) is 7.74. The number of nitrogens with zero attached hydrogens (tertiary/aromatic N) is 4. The molecule has 9 heteroatoms. The molecule has 3 aromatic rings. The standard InChI is InChI=1S/C22H25N5O3S/c1-14-15(2)31-22-20(14)21(30)24-17(25-22)6-7-18(28)26-9-11-27(12-10-26)19(29)13-16-5-3-4-8-23-16/h3-5,8H,6-7,9-13H2,1-2H3,(H,24,25,30). The minimum absolute atomic E-state index is 0.0121. The van der Waals surface area contributed by atoms with Gasteiger partial charge in [-0.05, 0) is 31.5 Å². The number of piperazine rings is 1. The van der Waals surface area contributed by atoms with Crippen molar-refractivity contribution >= 4 is 33.4 Å². The van der Waals surface area contributed by atoms with Crippen LogP contribution in [-0.4, -0.2) is 62.7 Å². The van der Waals surface area contributed by atoms with Gasteiger partial charge in [-0.1, -0.05) is 6.07 Å². The van der Waals surface area contributed by atoms with Crippen molar-refractivity contribution in [2.45, 2.75) is 33.1 Å². The van der Waals surface area contributed by atoms with Crippen LogP contribution in [0.2, 0.25) is 0 Å². The number of nitrogens with one attached hydrogen (secondary N) is 1. The molecular weight excluding hydrogens is 414 g/mol. The predicted octanol–water partition coefficient (Wildman–Crippen LogP) is 1.84. The molecule has 0 spiro atoms. The van der Waals surface area contributed by atoms with Gasteiger partial charge in [0.2, 0.25) is 11.8 Å². The molecule has 0 aromatic carbocycles. The third-order valence-electron chi connectivity index (χ3n) is 5.71. The predicted molar refractivity (Wildman–Crippen MR) is 119 cm³/mol. The van der Waals surface area contributed by atoms with Gasteiger partial charge in [0.15, 0.2) is 0 Å². The van der Waals surface area contributed by atoms with E-state index in [9.17, 15) is 14.4 Å². The molecule has 0 atom stereocenters. The van der Waals surface area contributed by atoms with Crippen molar-refractivity contribution in [1.82, 2.24) is 24.8 Å². The van der Waals surface area contributed by atoms with Gasteiger partial charge in [0.25, 0.3) is 5.56 Å². The normalized spacial score (nSPS) is 14.3. The van der Waals surface area contributed by atoms with Gasteiger partial charge in [-0.3, -0.25) is 19.4 Å². The molecule has 31 heavy (non-hydrogen) atoms. The lowest BCUT2D eigenvalue weighted by Gasteiger charge is -2.34. The number of thiophene rings is 1. The molecule has 162 valence electrons. The molecule has 0 unspecified atom stereocenters. The van der Waals surface area contributed by atoms with Crippen molar-refractivity contribution < 1.29 is 9.59 Å². The summed E-state index contributed by atoms with van der Waals surface area (Å²) in [5.41, 5.74) is 1.57. The zero-order chi connectivity index (χ0) is 22.0. The lowest BCUT2D eigenvalue weighted by atomic mass is 10.2. The highest BCUT2D eigenvalue weighted by molar-refractivity contribution is 7.18. The molecule has 1 N–H and O–H groups in total. The number of hydrogen-bond donors (Lipinski definition) is 1. The third-order valence-corrected chi connectivity index (χ3v) is 6.81. The Morgan fingerprint density at radius 2 is 1.81 bits per heavy atom. The summed E-state index contributed by atoms with van der Waals surface area (Å²) in [5.74, 6) is 0.580. The van der Waals surface area contributed by atoms with Crippen LogP contribution in [0.4, 0.5) is 0 Å². The minimum Gasteiger partial charge on any atom is -0.339 e. The molecule has 0 saturated carbocycles. The Balaban J connectivity index is 1.30. The average molecular weight is 440 g/mol. The Kier molecular flexibility index (Phi) is 6.13.